The standard InChI is InChI=1S/C13H21F2NO2/c1-10(2)9-18-8-7-16-12(17)11-3-5-13(14,15)6-4-11/h11H,1,3-9H2,2H3,(H,16,17). The second-order valence-electron chi connectivity index (χ2n) is 4.93. The van der Waals surface area contributed by atoms with Crippen molar-refractivity contribution >= 4 is 5.91 Å². The Bertz CT molecular complexity index is 295. The van der Waals surface area contributed by atoms with Crippen molar-refractivity contribution in [2.75, 3.05) is 19.8 Å². The van der Waals surface area contributed by atoms with Gasteiger partial charge >= 0.3 is 0 Å². The monoisotopic (exact) mass is 261 g/mol. The van der Waals surface area contributed by atoms with Crippen LogP contribution in [0.5, 0.6) is 0 Å². The first kappa shape index (κ1) is 15.1. The Kier molecular flexibility index (Phi) is 5.72. The number of hydrogen-bond donors (Lipinski definition) is 1. The highest BCUT2D eigenvalue weighted by Gasteiger charge is 2.37. The van der Waals surface area contributed by atoms with Crippen molar-refractivity contribution in [2.45, 2.75) is 38.5 Å². The summed E-state index contributed by atoms with van der Waals surface area (Å²) in [6.07, 6.45) is 0.172. The molecule has 3 nitrogen and oxygen atoms in total. The van der Waals surface area contributed by atoms with Crippen LogP contribution in [0, 0.1) is 5.92 Å². The number of alkyl halides is 2. The summed E-state index contributed by atoms with van der Waals surface area (Å²) in [4.78, 5) is 11.7. The van der Waals surface area contributed by atoms with E-state index in [1.54, 1.807) is 0 Å². The molecule has 0 radical (unpaired) electrons. The summed E-state index contributed by atoms with van der Waals surface area (Å²) < 4.78 is 31.1. The first-order valence-corrected chi connectivity index (χ1v) is 6.28. The molecular formula is C13H21F2NO2. The number of halogens is 2. The van der Waals surface area contributed by atoms with Crippen LogP contribution in [0.1, 0.15) is 32.6 Å². The molecule has 0 saturated heterocycles. The summed E-state index contributed by atoms with van der Waals surface area (Å²) in [5.41, 5.74) is 0.927. The Hall–Kier alpha value is -0.970. The lowest BCUT2D eigenvalue weighted by Crippen LogP contribution is -2.37. The second kappa shape index (κ2) is 6.83. The maximum Gasteiger partial charge on any atom is 0.248 e. The van der Waals surface area contributed by atoms with Crippen LogP contribution in [0.3, 0.4) is 0 Å². The average Bonchev–Trinajstić information content (AvgIpc) is 2.27. The summed E-state index contributed by atoms with van der Waals surface area (Å²) in [7, 11) is 0. The Morgan fingerprint density at radius 2 is 2.06 bits per heavy atom. The van der Waals surface area contributed by atoms with Crippen LogP contribution in [-0.2, 0) is 9.53 Å². The molecule has 1 aliphatic carbocycles. The Morgan fingerprint density at radius 1 is 1.44 bits per heavy atom. The fraction of sp³-hybridized carbons (Fsp3) is 0.769. The van der Waals surface area contributed by atoms with Crippen LogP contribution in [0.25, 0.3) is 0 Å². The smallest absolute Gasteiger partial charge is 0.248 e. The summed E-state index contributed by atoms with van der Waals surface area (Å²) >= 11 is 0. The number of carbonyl (C=O) groups is 1. The van der Waals surface area contributed by atoms with Gasteiger partial charge in [0.15, 0.2) is 0 Å². The zero-order valence-corrected chi connectivity index (χ0v) is 10.8. The van der Waals surface area contributed by atoms with Crippen LogP contribution in [-0.4, -0.2) is 31.6 Å². The fourth-order valence-corrected chi connectivity index (χ4v) is 1.94. The lowest BCUT2D eigenvalue weighted by atomic mass is 9.86. The molecule has 0 aromatic rings. The lowest BCUT2D eigenvalue weighted by Gasteiger charge is -2.27. The maximum atomic E-state index is 12.9. The van der Waals surface area contributed by atoms with Crippen molar-refractivity contribution in [3.8, 4) is 0 Å². The van der Waals surface area contributed by atoms with E-state index in [9.17, 15) is 13.6 Å². The normalized spacial score (nSPS) is 19.5. The zero-order chi connectivity index (χ0) is 13.6. The summed E-state index contributed by atoms with van der Waals surface area (Å²) in [6.45, 7) is 6.86. The molecule has 0 spiro atoms. The molecule has 1 aliphatic rings. The predicted octanol–water partition coefficient (Wildman–Crippen LogP) is 2.52. The molecule has 1 N–H and O–H groups in total. The number of nitrogens with one attached hydrogen (secondary N) is 1. The van der Waals surface area contributed by atoms with Crippen molar-refractivity contribution in [2.24, 2.45) is 5.92 Å². The van der Waals surface area contributed by atoms with Gasteiger partial charge < -0.3 is 10.1 Å². The van der Waals surface area contributed by atoms with Gasteiger partial charge in [-0.15, -0.1) is 0 Å². The molecule has 0 aromatic carbocycles. The van der Waals surface area contributed by atoms with Gasteiger partial charge in [0.2, 0.25) is 11.8 Å². The largest absolute Gasteiger partial charge is 0.375 e. The van der Waals surface area contributed by atoms with Crippen LogP contribution in [0.2, 0.25) is 0 Å². The maximum absolute atomic E-state index is 12.9. The van der Waals surface area contributed by atoms with Gasteiger partial charge in [0.1, 0.15) is 0 Å². The molecule has 0 aliphatic heterocycles. The van der Waals surface area contributed by atoms with Gasteiger partial charge in [-0.25, -0.2) is 8.78 Å². The number of amides is 1. The summed E-state index contributed by atoms with van der Waals surface area (Å²) in [5.74, 6) is -2.99. The van der Waals surface area contributed by atoms with Crippen molar-refractivity contribution in [3.63, 3.8) is 0 Å². The third-order valence-electron chi connectivity index (χ3n) is 2.98. The highest BCUT2D eigenvalue weighted by Crippen LogP contribution is 2.36. The van der Waals surface area contributed by atoms with Gasteiger partial charge in [-0.3, -0.25) is 4.79 Å². The summed E-state index contributed by atoms with van der Waals surface area (Å²) in [5, 5.41) is 2.71. The van der Waals surface area contributed by atoms with E-state index in [0.29, 0.717) is 19.8 Å². The number of hydrogen-bond acceptors (Lipinski definition) is 2. The van der Waals surface area contributed by atoms with E-state index in [-0.39, 0.29) is 37.5 Å². The topological polar surface area (TPSA) is 38.3 Å². The van der Waals surface area contributed by atoms with Crippen LogP contribution < -0.4 is 5.32 Å². The molecule has 0 bridgehead atoms. The lowest BCUT2D eigenvalue weighted by molar-refractivity contribution is -0.129. The quantitative estimate of drug-likeness (QED) is 0.589. The second-order valence-corrected chi connectivity index (χ2v) is 4.93. The molecule has 0 atom stereocenters. The number of ether oxygens (including phenoxy) is 1. The SMILES string of the molecule is C=C(C)COCCNC(=O)C1CCC(F)(F)CC1. The van der Waals surface area contributed by atoms with Gasteiger partial charge in [-0.2, -0.15) is 0 Å². The molecule has 104 valence electrons. The van der Waals surface area contributed by atoms with E-state index in [4.69, 9.17) is 4.74 Å². The molecule has 1 amide bonds. The van der Waals surface area contributed by atoms with E-state index >= 15 is 0 Å². The van der Waals surface area contributed by atoms with Gasteiger partial charge in [0.05, 0.1) is 13.2 Å². The average molecular weight is 261 g/mol. The van der Waals surface area contributed by atoms with Crippen molar-refractivity contribution in [1.29, 1.82) is 0 Å². The zero-order valence-electron chi connectivity index (χ0n) is 10.8. The highest BCUT2D eigenvalue weighted by atomic mass is 19.3. The van der Waals surface area contributed by atoms with Crippen LogP contribution in [0.4, 0.5) is 8.78 Å². The van der Waals surface area contributed by atoms with Gasteiger partial charge in [-0.1, -0.05) is 12.2 Å². The fourth-order valence-electron chi connectivity index (χ4n) is 1.94. The van der Waals surface area contributed by atoms with Gasteiger partial charge in [-0.05, 0) is 19.8 Å². The molecule has 18 heavy (non-hydrogen) atoms. The van der Waals surface area contributed by atoms with Crippen molar-refractivity contribution < 1.29 is 18.3 Å². The Morgan fingerprint density at radius 3 is 2.61 bits per heavy atom. The molecule has 0 unspecified atom stereocenters. The van der Waals surface area contributed by atoms with E-state index < -0.39 is 5.92 Å². The molecule has 0 aromatic heterocycles. The minimum Gasteiger partial charge on any atom is -0.375 e. The molecular weight excluding hydrogens is 240 g/mol. The van der Waals surface area contributed by atoms with Crippen molar-refractivity contribution in [1.82, 2.24) is 5.32 Å². The Balaban J connectivity index is 2.12. The minimum absolute atomic E-state index is 0.135. The van der Waals surface area contributed by atoms with Crippen LogP contribution in [0.15, 0.2) is 12.2 Å². The van der Waals surface area contributed by atoms with Gasteiger partial charge in [0.25, 0.3) is 0 Å². The van der Waals surface area contributed by atoms with Crippen molar-refractivity contribution in [3.05, 3.63) is 12.2 Å². The molecule has 1 rings (SSSR count). The molecule has 1 fully saturated rings. The predicted molar refractivity (Wildman–Crippen MR) is 65.5 cm³/mol. The van der Waals surface area contributed by atoms with E-state index in [0.717, 1.165) is 5.57 Å². The first-order chi connectivity index (χ1) is 8.41. The molecule has 5 heteroatoms. The third kappa shape index (κ3) is 5.58. The van der Waals surface area contributed by atoms with Gasteiger partial charge in [0, 0.05) is 25.3 Å². The highest BCUT2D eigenvalue weighted by molar-refractivity contribution is 5.78. The molecule has 1 saturated carbocycles. The van der Waals surface area contributed by atoms with E-state index in [2.05, 4.69) is 11.9 Å². The third-order valence-corrected chi connectivity index (χ3v) is 2.98. The van der Waals surface area contributed by atoms with Crippen LogP contribution >= 0.6 is 0 Å². The first-order valence-electron chi connectivity index (χ1n) is 6.28. The number of carbonyl (C=O) groups excluding carboxylic acids is 1. The van der Waals surface area contributed by atoms with E-state index in [1.807, 2.05) is 6.92 Å². The Labute approximate surface area is 107 Å². The summed E-state index contributed by atoms with van der Waals surface area (Å²) in [6, 6.07) is 0. The molecule has 0 heterocycles. The minimum atomic E-state index is -2.58. The number of rotatable bonds is 6. The van der Waals surface area contributed by atoms with E-state index in [1.165, 1.54) is 0 Å².